The molecule has 25 heavy (non-hydrogen) atoms. The molecule has 0 radical (unpaired) electrons. The van der Waals surface area contributed by atoms with Gasteiger partial charge in [-0.1, -0.05) is 18.5 Å². The van der Waals surface area contributed by atoms with Gasteiger partial charge in [-0.25, -0.2) is 18.5 Å². The Morgan fingerprint density at radius 1 is 1.36 bits per heavy atom. The fraction of sp³-hybridized carbons (Fsp3) is 0.143. The Labute approximate surface area is 166 Å². The van der Waals surface area contributed by atoms with Gasteiger partial charge >= 0.3 is 0 Å². The average molecular weight is 442 g/mol. The predicted octanol–water partition coefficient (Wildman–Crippen LogP) is 3.91. The number of hydrogen-bond donors (Lipinski definition) is 2. The first-order chi connectivity index (χ1) is 10.9. The zero-order chi connectivity index (χ0) is 16.6. The molecule has 3 N–H and O–H groups in total. The molecule has 136 valence electrons. The van der Waals surface area contributed by atoms with Crippen molar-refractivity contribution in [2.24, 2.45) is 5.14 Å². The van der Waals surface area contributed by atoms with Crippen LogP contribution in [0.4, 0.5) is 0 Å². The number of hydrogen-bond acceptors (Lipinski definition) is 5. The van der Waals surface area contributed by atoms with Gasteiger partial charge in [0.2, 0.25) is 10.0 Å². The number of imidazole rings is 1. The summed E-state index contributed by atoms with van der Waals surface area (Å²) in [6, 6.07) is 5.27. The molecule has 3 aromatic rings. The Balaban J connectivity index is 0.00000156. The van der Waals surface area contributed by atoms with Crippen LogP contribution in [0.3, 0.4) is 0 Å². The van der Waals surface area contributed by atoms with Crippen molar-refractivity contribution in [3.63, 3.8) is 0 Å². The number of rotatable bonds is 4. The maximum Gasteiger partial charge on any atom is 0.248 e. The normalized spacial score (nSPS) is 10.8. The number of primary sulfonamides is 1. The minimum Gasteiger partial charge on any atom is -0.341 e. The van der Waals surface area contributed by atoms with Gasteiger partial charge in [0.15, 0.2) is 0 Å². The van der Waals surface area contributed by atoms with Gasteiger partial charge in [-0.05, 0) is 24.6 Å². The molecule has 0 aromatic carbocycles. The lowest BCUT2D eigenvalue weighted by atomic mass is 10.1. The van der Waals surface area contributed by atoms with Crippen molar-refractivity contribution in [2.45, 2.75) is 17.6 Å². The number of thiophene rings is 1. The summed E-state index contributed by atoms with van der Waals surface area (Å²) in [6.07, 6.45) is 4.10. The molecule has 0 aliphatic carbocycles. The third kappa shape index (κ3) is 4.52. The van der Waals surface area contributed by atoms with E-state index in [0.29, 0.717) is 22.1 Å². The maximum absolute atomic E-state index is 11.7. The minimum absolute atomic E-state index is 0. The van der Waals surface area contributed by atoms with Crippen LogP contribution in [0.2, 0.25) is 4.34 Å². The Kier molecular flexibility index (Phi) is 7.42. The Morgan fingerprint density at radius 3 is 2.64 bits per heavy atom. The van der Waals surface area contributed by atoms with Crippen LogP contribution in [0.5, 0.6) is 0 Å². The van der Waals surface area contributed by atoms with Crippen LogP contribution in [0.1, 0.15) is 12.6 Å². The number of nitrogens with zero attached hydrogens (tertiary/aromatic N) is 2. The molecule has 0 saturated heterocycles. The third-order valence-electron chi connectivity index (χ3n) is 3.25. The fourth-order valence-electron chi connectivity index (χ4n) is 2.26. The van der Waals surface area contributed by atoms with E-state index in [1.54, 1.807) is 18.5 Å². The Hall–Kier alpha value is -1.16. The van der Waals surface area contributed by atoms with Gasteiger partial charge in [-0.15, -0.1) is 36.2 Å². The average Bonchev–Trinajstić information content (AvgIpc) is 3.11. The van der Waals surface area contributed by atoms with Crippen LogP contribution >= 0.6 is 47.8 Å². The molecule has 6 nitrogen and oxygen atoms in total. The molecule has 0 fully saturated rings. The fourth-order valence-corrected chi connectivity index (χ4v) is 4.55. The second-order valence-corrected chi connectivity index (χ2v) is 8.24. The van der Waals surface area contributed by atoms with E-state index in [9.17, 15) is 8.42 Å². The summed E-state index contributed by atoms with van der Waals surface area (Å²) in [6.45, 7) is 1.98. The van der Waals surface area contributed by atoms with Gasteiger partial charge in [-0.3, -0.25) is 4.98 Å². The lowest BCUT2D eigenvalue weighted by Gasteiger charge is -1.98. The van der Waals surface area contributed by atoms with Crippen molar-refractivity contribution in [3.05, 3.63) is 40.6 Å². The SMILES string of the molecule is CCc1[nH]c(-c2cc(Cl)sc2S(N)(=O)=O)nc1-c1cccnc1.Cl.Cl. The quantitative estimate of drug-likeness (QED) is 0.641. The second-order valence-electron chi connectivity index (χ2n) is 4.80. The van der Waals surface area contributed by atoms with Gasteiger partial charge in [0.25, 0.3) is 0 Å². The smallest absolute Gasteiger partial charge is 0.248 e. The molecule has 0 amide bonds. The minimum atomic E-state index is -3.87. The van der Waals surface area contributed by atoms with E-state index >= 15 is 0 Å². The third-order valence-corrected chi connectivity index (χ3v) is 5.99. The second kappa shape index (κ2) is 8.48. The topological polar surface area (TPSA) is 102 Å². The molecule has 0 aliphatic rings. The number of halogens is 3. The first kappa shape index (κ1) is 21.9. The Bertz CT molecular complexity index is 956. The van der Waals surface area contributed by atoms with E-state index in [1.165, 1.54) is 0 Å². The molecule has 3 rings (SSSR count). The highest BCUT2D eigenvalue weighted by molar-refractivity contribution is 7.91. The molecule has 11 heteroatoms. The summed E-state index contributed by atoms with van der Waals surface area (Å²) < 4.78 is 23.8. The summed E-state index contributed by atoms with van der Waals surface area (Å²) in [7, 11) is -3.87. The van der Waals surface area contributed by atoms with E-state index in [0.717, 1.165) is 28.3 Å². The summed E-state index contributed by atoms with van der Waals surface area (Å²) in [5, 5.41) is 5.27. The maximum atomic E-state index is 11.7. The van der Waals surface area contributed by atoms with Crippen LogP contribution < -0.4 is 5.14 Å². The number of nitrogens with one attached hydrogen (secondary N) is 1. The number of sulfonamides is 1. The van der Waals surface area contributed by atoms with E-state index < -0.39 is 10.0 Å². The highest BCUT2D eigenvalue weighted by atomic mass is 35.5. The number of H-pyrrole nitrogens is 1. The van der Waals surface area contributed by atoms with Crippen LogP contribution in [0, 0.1) is 0 Å². The van der Waals surface area contributed by atoms with Crippen molar-refractivity contribution in [1.29, 1.82) is 0 Å². The van der Waals surface area contributed by atoms with Gasteiger partial charge in [0.05, 0.1) is 10.0 Å². The number of aryl methyl sites for hydroxylation is 1. The molecule has 0 saturated carbocycles. The van der Waals surface area contributed by atoms with Crippen LogP contribution in [0.15, 0.2) is 34.8 Å². The monoisotopic (exact) mass is 440 g/mol. The lowest BCUT2D eigenvalue weighted by Crippen LogP contribution is -2.11. The number of aromatic nitrogens is 3. The summed E-state index contributed by atoms with van der Waals surface area (Å²) in [4.78, 5) is 11.8. The van der Waals surface area contributed by atoms with Crippen molar-refractivity contribution in [3.8, 4) is 22.6 Å². The molecule has 0 aliphatic heterocycles. The van der Waals surface area contributed by atoms with Crippen LogP contribution in [-0.2, 0) is 16.4 Å². The van der Waals surface area contributed by atoms with Gasteiger partial charge in [0.1, 0.15) is 10.0 Å². The van der Waals surface area contributed by atoms with E-state index in [4.69, 9.17) is 16.7 Å². The Morgan fingerprint density at radius 2 is 2.08 bits per heavy atom. The zero-order valence-corrected chi connectivity index (χ0v) is 16.9. The highest BCUT2D eigenvalue weighted by Crippen LogP contribution is 2.37. The molecule has 0 bridgehead atoms. The number of nitrogens with two attached hydrogens (primary N) is 1. The largest absolute Gasteiger partial charge is 0.341 e. The van der Waals surface area contributed by atoms with Crippen molar-refractivity contribution in [2.75, 3.05) is 0 Å². The molecule has 3 aromatic heterocycles. The molecular weight excluding hydrogens is 427 g/mol. The number of pyridine rings is 1. The summed E-state index contributed by atoms with van der Waals surface area (Å²) >= 11 is 6.88. The predicted molar refractivity (Wildman–Crippen MR) is 105 cm³/mol. The van der Waals surface area contributed by atoms with Gasteiger partial charge < -0.3 is 4.98 Å². The standard InChI is InChI=1S/C14H13ClN4O2S2.2ClH/c1-2-10-12(8-4-3-5-17-7-8)19-13(18-10)9-6-11(15)22-14(9)23(16,20)21;;/h3-7H,2H2,1H3,(H,18,19)(H2,16,20,21);2*1H. The first-order valence-corrected chi connectivity index (χ1v) is 9.46. The number of aromatic amines is 1. The first-order valence-electron chi connectivity index (χ1n) is 6.72. The zero-order valence-electron chi connectivity index (χ0n) is 12.9. The lowest BCUT2D eigenvalue weighted by molar-refractivity contribution is 0.600. The molecule has 0 spiro atoms. The summed E-state index contributed by atoms with van der Waals surface area (Å²) in [5.74, 6) is 0.424. The van der Waals surface area contributed by atoms with E-state index in [1.807, 2.05) is 19.1 Å². The highest BCUT2D eigenvalue weighted by Gasteiger charge is 2.23. The van der Waals surface area contributed by atoms with Crippen LogP contribution in [0.25, 0.3) is 22.6 Å². The van der Waals surface area contributed by atoms with Gasteiger partial charge in [-0.2, -0.15) is 0 Å². The molecular formula is C14H15Cl3N4O2S2. The van der Waals surface area contributed by atoms with Gasteiger partial charge in [0, 0.05) is 29.2 Å². The van der Waals surface area contributed by atoms with Crippen LogP contribution in [-0.4, -0.2) is 23.4 Å². The van der Waals surface area contributed by atoms with Crippen molar-refractivity contribution < 1.29 is 8.42 Å². The van der Waals surface area contributed by atoms with E-state index in [-0.39, 0.29) is 29.0 Å². The van der Waals surface area contributed by atoms with Crippen molar-refractivity contribution >= 4 is 57.8 Å². The van der Waals surface area contributed by atoms with Crippen molar-refractivity contribution in [1.82, 2.24) is 15.0 Å². The molecule has 3 heterocycles. The molecule has 0 atom stereocenters. The molecule has 0 unspecified atom stereocenters. The van der Waals surface area contributed by atoms with E-state index in [2.05, 4.69) is 15.0 Å². The summed E-state index contributed by atoms with van der Waals surface area (Å²) in [5.41, 5.74) is 2.85.